The molecule has 60 valence electrons. The Hall–Kier alpha value is -0.901. The first-order valence-electron chi connectivity index (χ1n) is 3.08. The summed E-state index contributed by atoms with van der Waals surface area (Å²) in [7, 11) is 1.54. The summed E-state index contributed by atoms with van der Waals surface area (Å²) in [6.45, 7) is 0. The molecule has 0 spiro atoms. The van der Waals surface area contributed by atoms with E-state index in [-0.39, 0.29) is 0 Å². The number of hydrogen-bond acceptors (Lipinski definition) is 1. The molecule has 0 N–H and O–H groups in total. The summed E-state index contributed by atoms with van der Waals surface area (Å²) in [4.78, 5) is 0. The molecular weight excluding hydrogens is 188 g/mol. The second-order valence-electron chi connectivity index (χ2n) is 1.89. The van der Waals surface area contributed by atoms with Crippen LogP contribution in [0.5, 0.6) is 0 Å². The Morgan fingerprint density at radius 2 is 1.91 bits per heavy atom. The van der Waals surface area contributed by atoms with Crippen LogP contribution in [-0.2, 0) is 20.7 Å². The number of methoxy groups -OCH3 is 1. The van der Waals surface area contributed by atoms with Crippen molar-refractivity contribution in [3.63, 3.8) is 0 Å². The summed E-state index contributed by atoms with van der Waals surface area (Å²) >= 11 is 5.05. The SMILES string of the molecule is COC#Cc1cc[c]([Cu])cc1. The average molecular weight is 195 g/mol. The van der Waals surface area contributed by atoms with Crippen molar-refractivity contribution in [2.75, 3.05) is 7.11 Å². The van der Waals surface area contributed by atoms with E-state index in [2.05, 4.69) is 16.8 Å². The summed E-state index contributed by atoms with van der Waals surface area (Å²) in [6.07, 6.45) is 2.50. The quantitative estimate of drug-likeness (QED) is 0.439. The van der Waals surface area contributed by atoms with Gasteiger partial charge < -0.3 is 0 Å². The van der Waals surface area contributed by atoms with E-state index >= 15 is 0 Å². The van der Waals surface area contributed by atoms with Crippen LogP contribution in [-0.4, -0.2) is 7.11 Å². The molecule has 0 aromatic heterocycles. The molecule has 0 unspecified atom stereocenters. The molecule has 1 aromatic carbocycles. The molecule has 0 saturated carbocycles. The third kappa shape index (κ3) is 2.67. The molecule has 0 bridgehead atoms. The van der Waals surface area contributed by atoms with Crippen LogP contribution < -0.4 is 4.46 Å². The molecule has 0 aliphatic rings. The van der Waals surface area contributed by atoms with Crippen molar-refractivity contribution < 1.29 is 20.7 Å². The fourth-order valence-corrected chi connectivity index (χ4v) is 0.787. The Morgan fingerprint density at radius 3 is 2.45 bits per heavy atom. The Labute approximate surface area is 74.6 Å². The van der Waals surface area contributed by atoms with Crippen LogP contribution in [0.25, 0.3) is 0 Å². The van der Waals surface area contributed by atoms with Gasteiger partial charge in [-0.25, -0.2) is 0 Å². The molecule has 1 aromatic rings. The van der Waals surface area contributed by atoms with Gasteiger partial charge in [-0.1, -0.05) is 0 Å². The van der Waals surface area contributed by atoms with Crippen molar-refractivity contribution in [3.8, 4) is 12.0 Å². The zero-order chi connectivity index (χ0) is 8.10. The number of benzene rings is 1. The van der Waals surface area contributed by atoms with E-state index < -0.39 is 0 Å². The summed E-state index contributed by atoms with van der Waals surface area (Å²) < 4.78 is 5.39. The molecule has 0 saturated heterocycles. The molecule has 1 rings (SSSR count). The van der Waals surface area contributed by atoms with E-state index in [0.29, 0.717) is 0 Å². The summed E-state index contributed by atoms with van der Waals surface area (Å²) in [5.41, 5.74) is 0.914. The first-order valence-corrected chi connectivity index (χ1v) is 3.56. The zero-order valence-corrected chi connectivity index (χ0v) is 6.96. The van der Waals surface area contributed by atoms with Crippen LogP contribution >= 0.6 is 0 Å². The van der Waals surface area contributed by atoms with E-state index in [9.17, 15) is 0 Å². The molecule has 0 aliphatic heterocycles. The Kier molecular flexibility index (Phi) is 3.04. The standard InChI is InChI=1S/C9H7O.Cu/c1-10-8-7-9-5-3-2-4-6-9;/h3-6H,1H3;. The summed E-state index contributed by atoms with van der Waals surface area (Å²) in [5, 5.41) is 0. The third-order valence-electron chi connectivity index (χ3n) is 1.12. The minimum atomic E-state index is 0.806. The summed E-state index contributed by atoms with van der Waals surface area (Å²) in [6, 6.07) is 7.39. The van der Waals surface area contributed by atoms with Gasteiger partial charge in [0.1, 0.15) is 0 Å². The molecule has 2 heteroatoms. The molecule has 0 aliphatic carbocycles. The first kappa shape index (κ1) is 8.20. The topological polar surface area (TPSA) is 9.23 Å². The van der Waals surface area contributed by atoms with Gasteiger partial charge in [-0.3, -0.25) is 0 Å². The molecule has 0 fully saturated rings. The monoisotopic (exact) mass is 194 g/mol. The van der Waals surface area contributed by atoms with E-state index in [1.807, 2.05) is 24.3 Å². The molecule has 0 atom stereocenters. The molecule has 11 heavy (non-hydrogen) atoms. The van der Waals surface area contributed by atoms with Crippen LogP contribution in [0.15, 0.2) is 24.3 Å². The summed E-state index contributed by atoms with van der Waals surface area (Å²) in [5.74, 6) is 2.80. The zero-order valence-electron chi connectivity index (χ0n) is 6.02. The van der Waals surface area contributed by atoms with Gasteiger partial charge in [-0.15, -0.1) is 0 Å². The first-order chi connectivity index (χ1) is 5.33. The Bertz CT molecular complexity index is 279. The fourth-order valence-electron chi connectivity index (χ4n) is 0.630. The van der Waals surface area contributed by atoms with E-state index in [1.54, 1.807) is 0 Å². The molecule has 0 radical (unpaired) electrons. The van der Waals surface area contributed by atoms with E-state index in [1.165, 1.54) is 7.11 Å². The van der Waals surface area contributed by atoms with Gasteiger partial charge in [0.25, 0.3) is 0 Å². The van der Waals surface area contributed by atoms with Crippen molar-refractivity contribution in [1.29, 1.82) is 0 Å². The Morgan fingerprint density at radius 1 is 1.27 bits per heavy atom. The number of hydrogen-bond donors (Lipinski definition) is 0. The van der Waals surface area contributed by atoms with Crippen molar-refractivity contribution in [2.24, 2.45) is 0 Å². The van der Waals surface area contributed by atoms with E-state index in [0.717, 1.165) is 10.0 Å². The number of rotatable bonds is 0. The van der Waals surface area contributed by atoms with Gasteiger partial charge in [0, 0.05) is 0 Å². The van der Waals surface area contributed by atoms with Crippen LogP contribution in [0, 0.1) is 12.0 Å². The van der Waals surface area contributed by atoms with Crippen molar-refractivity contribution >= 4 is 4.46 Å². The van der Waals surface area contributed by atoms with Gasteiger partial charge in [-0.2, -0.15) is 0 Å². The Balaban J connectivity index is 2.82. The predicted molar refractivity (Wildman–Crippen MR) is 40.0 cm³/mol. The second-order valence-corrected chi connectivity index (χ2v) is 2.44. The minimum absolute atomic E-state index is 0.806. The average Bonchev–Trinajstić information content (AvgIpc) is 2.04. The predicted octanol–water partition coefficient (Wildman–Crippen LogP) is 0.814. The number of ether oxygens (including phenoxy) is 1. The van der Waals surface area contributed by atoms with Gasteiger partial charge >= 0.3 is 74.2 Å². The molecule has 0 heterocycles. The van der Waals surface area contributed by atoms with Crippen molar-refractivity contribution in [3.05, 3.63) is 29.8 Å². The van der Waals surface area contributed by atoms with E-state index in [4.69, 9.17) is 16.0 Å². The fraction of sp³-hybridized carbons (Fsp3) is 0.111. The molecule has 1 nitrogen and oxygen atoms in total. The normalized spacial score (nSPS) is 8.27. The van der Waals surface area contributed by atoms with Gasteiger partial charge in [0.05, 0.1) is 0 Å². The van der Waals surface area contributed by atoms with Crippen LogP contribution in [0.3, 0.4) is 0 Å². The van der Waals surface area contributed by atoms with Crippen molar-refractivity contribution in [1.82, 2.24) is 0 Å². The third-order valence-corrected chi connectivity index (χ3v) is 1.43. The maximum absolute atomic E-state index is 5.05. The van der Waals surface area contributed by atoms with Gasteiger partial charge in [-0.05, 0) is 0 Å². The van der Waals surface area contributed by atoms with Gasteiger partial charge in [0.15, 0.2) is 0 Å². The maximum atomic E-state index is 5.05. The van der Waals surface area contributed by atoms with Crippen LogP contribution in [0.4, 0.5) is 0 Å². The molecule has 0 amide bonds. The van der Waals surface area contributed by atoms with Crippen LogP contribution in [0.1, 0.15) is 5.56 Å². The van der Waals surface area contributed by atoms with Crippen LogP contribution in [0.2, 0.25) is 0 Å². The van der Waals surface area contributed by atoms with Gasteiger partial charge in [0.2, 0.25) is 0 Å². The second kappa shape index (κ2) is 4.08. The molecular formula is C9H7CuO. The van der Waals surface area contributed by atoms with Crippen molar-refractivity contribution in [2.45, 2.75) is 0 Å².